The molecule has 1 aromatic rings. The van der Waals surface area contributed by atoms with E-state index < -0.39 is 0 Å². The Labute approximate surface area is 132 Å². The van der Waals surface area contributed by atoms with Gasteiger partial charge in [-0.2, -0.15) is 0 Å². The first-order valence-electron chi connectivity index (χ1n) is 8.56. The Hall–Kier alpha value is -1.26. The van der Waals surface area contributed by atoms with Gasteiger partial charge >= 0.3 is 0 Å². The van der Waals surface area contributed by atoms with Gasteiger partial charge in [0.05, 0.1) is 0 Å². The monoisotopic (exact) mass is 305 g/mol. The molecule has 0 saturated heterocycles. The molecule has 1 fully saturated rings. The minimum atomic E-state index is 0.339. The SMILES string of the molecule is CCC(NC1CCC(CO)CC1)c1ccc2c(c1)OCCO2. The standard InChI is InChI=1S/C18H27NO3/c1-2-16(19-15-6-3-13(12-20)4-7-15)14-5-8-17-18(11-14)22-10-9-21-17/h5,8,11,13,15-16,19-20H,2-4,6-7,9-10,12H2,1H3. The average molecular weight is 305 g/mol. The molecule has 1 unspecified atom stereocenters. The second-order valence-corrected chi connectivity index (χ2v) is 6.43. The first-order valence-corrected chi connectivity index (χ1v) is 8.56. The van der Waals surface area contributed by atoms with E-state index >= 15 is 0 Å². The van der Waals surface area contributed by atoms with Crippen LogP contribution in [0.25, 0.3) is 0 Å². The van der Waals surface area contributed by atoms with Crippen LogP contribution in [0.5, 0.6) is 11.5 Å². The lowest BCUT2D eigenvalue weighted by Crippen LogP contribution is -2.36. The molecule has 0 aromatic heterocycles. The normalized spacial score (nSPS) is 25.7. The number of aliphatic hydroxyl groups is 1. The van der Waals surface area contributed by atoms with E-state index in [1.54, 1.807) is 0 Å². The average Bonchev–Trinajstić information content (AvgIpc) is 2.59. The van der Waals surface area contributed by atoms with Crippen molar-refractivity contribution < 1.29 is 14.6 Å². The van der Waals surface area contributed by atoms with Crippen LogP contribution >= 0.6 is 0 Å². The number of hydrogen-bond acceptors (Lipinski definition) is 4. The third-order valence-corrected chi connectivity index (χ3v) is 4.92. The van der Waals surface area contributed by atoms with E-state index in [4.69, 9.17) is 9.47 Å². The zero-order valence-corrected chi connectivity index (χ0v) is 13.4. The van der Waals surface area contributed by atoms with Gasteiger partial charge in [-0.25, -0.2) is 0 Å². The lowest BCUT2D eigenvalue weighted by molar-refractivity contribution is 0.169. The van der Waals surface area contributed by atoms with E-state index in [0.717, 1.165) is 43.6 Å². The van der Waals surface area contributed by atoms with Gasteiger partial charge in [-0.05, 0) is 55.7 Å². The molecule has 122 valence electrons. The predicted molar refractivity (Wildman–Crippen MR) is 86.4 cm³/mol. The molecule has 1 saturated carbocycles. The summed E-state index contributed by atoms with van der Waals surface area (Å²) in [5.74, 6) is 2.23. The van der Waals surface area contributed by atoms with Crippen molar-refractivity contribution in [3.8, 4) is 11.5 Å². The summed E-state index contributed by atoms with van der Waals surface area (Å²) in [6, 6.07) is 7.20. The van der Waals surface area contributed by atoms with Gasteiger partial charge < -0.3 is 19.9 Å². The molecule has 22 heavy (non-hydrogen) atoms. The predicted octanol–water partition coefficient (Wildman–Crippen LogP) is 3.05. The van der Waals surface area contributed by atoms with E-state index in [1.807, 2.05) is 6.07 Å². The first-order chi connectivity index (χ1) is 10.8. The van der Waals surface area contributed by atoms with Gasteiger partial charge in [0.25, 0.3) is 0 Å². The van der Waals surface area contributed by atoms with E-state index in [0.29, 0.717) is 37.8 Å². The highest BCUT2D eigenvalue weighted by Gasteiger charge is 2.23. The largest absolute Gasteiger partial charge is 0.486 e. The molecule has 1 aliphatic heterocycles. The Morgan fingerprint density at radius 1 is 1.14 bits per heavy atom. The van der Waals surface area contributed by atoms with Crippen LogP contribution in [0.2, 0.25) is 0 Å². The maximum atomic E-state index is 9.25. The molecule has 4 heteroatoms. The smallest absolute Gasteiger partial charge is 0.161 e. The number of aliphatic hydroxyl groups excluding tert-OH is 1. The Balaban J connectivity index is 1.64. The summed E-state index contributed by atoms with van der Waals surface area (Å²) in [5.41, 5.74) is 1.27. The van der Waals surface area contributed by atoms with Gasteiger partial charge in [0.2, 0.25) is 0 Å². The molecule has 2 aliphatic rings. The zero-order valence-electron chi connectivity index (χ0n) is 13.4. The quantitative estimate of drug-likeness (QED) is 0.878. The topological polar surface area (TPSA) is 50.7 Å². The summed E-state index contributed by atoms with van der Waals surface area (Å²) in [6.45, 7) is 3.82. The summed E-state index contributed by atoms with van der Waals surface area (Å²) in [5, 5.41) is 13.0. The van der Waals surface area contributed by atoms with Crippen molar-refractivity contribution in [3.63, 3.8) is 0 Å². The van der Waals surface area contributed by atoms with Gasteiger partial charge in [-0.15, -0.1) is 0 Å². The molecule has 3 rings (SSSR count). The van der Waals surface area contributed by atoms with Crippen molar-refractivity contribution >= 4 is 0 Å². The van der Waals surface area contributed by atoms with Crippen LogP contribution in [-0.4, -0.2) is 31.0 Å². The van der Waals surface area contributed by atoms with Crippen molar-refractivity contribution in [1.82, 2.24) is 5.32 Å². The highest BCUT2D eigenvalue weighted by Crippen LogP contribution is 2.34. The van der Waals surface area contributed by atoms with E-state index in [-0.39, 0.29) is 0 Å². The molecule has 2 N–H and O–H groups in total. The Morgan fingerprint density at radius 2 is 1.86 bits per heavy atom. The number of hydrogen-bond donors (Lipinski definition) is 2. The van der Waals surface area contributed by atoms with Crippen molar-refractivity contribution in [3.05, 3.63) is 23.8 Å². The fourth-order valence-corrected chi connectivity index (χ4v) is 3.52. The van der Waals surface area contributed by atoms with Crippen LogP contribution in [0.1, 0.15) is 50.6 Å². The maximum Gasteiger partial charge on any atom is 0.161 e. The third-order valence-electron chi connectivity index (χ3n) is 4.92. The van der Waals surface area contributed by atoms with E-state index in [2.05, 4.69) is 24.4 Å². The minimum Gasteiger partial charge on any atom is -0.486 e. The lowest BCUT2D eigenvalue weighted by Gasteiger charge is -2.32. The van der Waals surface area contributed by atoms with Crippen molar-refractivity contribution in [2.24, 2.45) is 5.92 Å². The Bertz CT molecular complexity index is 483. The van der Waals surface area contributed by atoms with Crippen molar-refractivity contribution in [2.75, 3.05) is 19.8 Å². The number of rotatable bonds is 5. The highest BCUT2D eigenvalue weighted by molar-refractivity contribution is 5.44. The van der Waals surface area contributed by atoms with Crippen LogP contribution in [0, 0.1) is 5.92 Å². The molecule has 1 heterocycles. The molecule has 0 bridgehead atoms. The van der Waals surface area contributed by atoms with Crippen molar-refractivity contribution in [2.45, 2.75) is 51.1 Å². The third kappa shape index (κ3) is 3.55. The van der Waals surface area contributed by atoms with E-state index in [9.17, 15) is 5.11 Å². The van der Waals surface area contributed by atoms with Crippen LogP contribution in [0.4, 0.5) is 0 Å². The fourth-order valence-electron chi connectivity index (χ4n) is 3.52. The second kappa shape index (κ2) is 7.34. The van der Waals surface area contributed by atoms with Crippen LogP contribution < -0.4 is 14.8 Å². The highest BCUT2D eigenvalue weighted by atomic mass is 16.6. The van der Waals surface area contributed by atoms with Crippen molar-refractivity contribution in [1.29, 1.82) is 0 Å². The van der Waals surface area contributed by atoms with Crippen LogP contribution in [-0.2, 0) is 0 Å². The zero-order chi connectivity index (χ0) is 15.4. The first kappa shape index (κ1) is 15.6. The molecule has 0 spiro atoms. The van der Waals surface area contributed by atoms with E-state index in [1.165, 1.54) is 5.56 Å². The molecule has 1 atom stereocenters. The second-order valence-electron chi connectivity index (χ2n) is 6.43. The summed E-state index contributed by atoms with van der Waals surface area (Å²) < 4.78 is 11.3. The van der Waals surface area contributed by atoms with Gasteiger partial charge in [-0.1, -0.05) is 13.0 Å². The lowest BCUT2D eigenvalue weighted by atomic mass is 9.86. The number of ether oxygens (including phenoxy) is 2. The summed E-state index contributed by atoms with van der Waals surface area (Å²) >= 11 is 0. The number of fused-ring (bicyclic) bond motifs is 1. The van der Waals surface area contributed by atoms with Gasteiger partial charge in [0, 0.05) is 18.7 Å². The molecule has 0 radical (unpaired) electrons. The van der Waals surface area contributed by atoms with Gasteiger partial charge in [-0.3, -0.25) is 0 Å². The summed E-state index contributed by atoms with van der Waals surface area (Å²) in [7, 11) is 0. The maximum absolute atomic E-state index is 9.25. The fraction of sp³-hybridized carbons (Fsp3) is 0.667. The molecular formula is C18H27NO3. The summed E-state index contributed by atoms with van der Waals surface area (Å²) in [6.07, 6.45) is 5.63. The van der Waals surface area contributed by atoms with Crippen LogP contribution in [0.3, 0.4) is 0 Å². The minimum absolute atomic E-state index is 0.339. The molecule has 1 aliphatic carbocycles. The molecule has 0 amide bonds. The summed E-state index contributed by atoms with van der Waals surface area (Å²) in [4.78, 5) is 0. The molecule has 4 nitrogen and oxygen atoms in total. The molecule has 1 aromatic carbocycles. The van der Waals surface area contributed by atoms with Crippen LogP contribution in [0.15, 0.2) is 18.2 Å². The number of benzene rings is 1. The number of nitrogens with one attached hydrogen (secondary N) is 1. The molecular weight excluding hydrogens is 278 g/mol. The Kier molecular flexibility index (Phi) is 5.21. The van der Waals surface area contributed by atoms with Gasteiger partial charge in [0.15, 0.2) is 11.5 Å². The van der Waals surface area contributed by atoms with Gasteiger partial charge in [0.1, 0.15) is 13.2 Å². The Morgan fingerprint density at radius 3 is 2.55 bits per heavy atom.